The van der Waals surface area contributed by atoms with Gasteiger partial charge in [0.2, 0.25) is 5.91 Å². The summed E-state index contributed by atoms with van der Waals surface area (Å²) in [4.78, 5) is 14.4. The van der Waals surface area contributed by atoms with Crippen molar-refractivity contribution < 1.29 is 17.7 Å². The number of fused-ring (bicyclic) bond motifs is 1. The van der Waals surface area contributed by atoms with Crippen molar-refractivity contribution >= 4 is 27.3 Å². The highest BCUT2D eigenvalue weighted by molar-refractivity contribution is 7.93. The summed E-state index contributed by atoms with van der Waals surface area (Å²) in [6.07, 6.45) is 1.91. The van der Waals surface area contributed by atoms with Crippen molar-refractivity contribution in [1.82, 2.24) is 5.16 Å². The monoisotopic (exact) mass is 347 g/mol. The second-order valence-corrected chi connectivity index (χ2v) is 7.95. The number of benzene rings is 1. The van der Waals surface area contributed by atoms with Crippen molar-refractivity contribution in [3.63, 3.8) is 0 Å². The van der Waals surface area contributed by atoms with Gasteiger partial charge in [-0.1, -0.05) is 17.3 Å². The van der Waals surface area contributed by atoms with Crippen LogP contribution in [0, 0.1) is 13.8 Å². The minimum atomic E-state index is -3.93. The highest BCUT2D eigenvalue weighted by atomic mass is 32.2. The Morgan fingerprint density at radius 1 is 1.17 bits per heavy atom. The van der Waals surface area contributed by atoms with Gasteiger partial charge in [0.05, 0.1) is 11.4 Å². The lowest BCUT2D eigenvalue weighted by molar-refractivity contribution is -0.117. The van der Waals surface area contributed by atoms with E-state index in [2.05, 4.69) is 5.16 Å². The third-order valence-corrected chi connectivity index (χ3v) is 6.39. The fourth-order valence-electron chi connectivity index (χ4n) is 3.20. The first-order valence-electron chi connectivity index (χ1n) is 7.78. The molecule has 1 fully saturated rings. The van der Waals surface area contributed by atoms with E-state index < -0.39 is 10.0 Å². The number of hydrogen-bond acceptors (Lipinski definition) is 5. The summed E-state index contributed by atoms with van der Waals surface area (Å²) in [6, 6.07) is 7.29. The summed E-state index contributed by atoms with van der Waals surface area (Å²) >= 11 is 0. The average Bonchev–Trinajstić information content (AvgIpc) is 3.31. The molecule has 126 valence electrons. The van der Waals surface area contributed by atoms with Gasteiger partial charge in [0.1, 0.15) is 12.2 Å². The molecular weight excluding hydrogens is 330 g/mol. The predicted octanol–water partition coefficient (Wildman–Crippen LogP) is 2.00. The van der Waals surface area contributed by atoms with Crippen LogP contribution >= 0.6 is 0 Å². The Labute approximate surface area is 139 Å². The number of amides is 1. The number of hydrogen-bond donors (Lipinski definition) is 0. The van der Waals surface area contributed by atoms with Crippen LogP contribution in [0.1, 0.15) is 24.3 Å². The van der Waals surface area contributed by atoms with E-state index in [4.69, 9.17) is 4.52 Å². The normalized spacial score (nSPS) is 18.0. The molecule has 1 saturated carbocycles. The van der Waals surface area contributed by atoms with Gasteiger partial charge in [-0.25, -0.2) is 8.42 Å². The molecule has 7 nitrogen and oxygen atoms in total. The number of anilines is 2. The van der Waals surface area contributed by atoms with Gasteiger partial charge in [-0.15, -0.1) is 0 Å². The molecule has 0 spiro atoms. The summed E-state index contributed by atoms with van der Waals surface area (Å²) in [5, 5.41) is 3.73. The maximum Gasteiger partial charge on any atom is 0.270 e. The Kier molecular flexibility index (Phi) is 3.21. The number of rotatable bonds is 3. The van der Waals surface area contributed by atoms with Crippen LogP contribution in [0.3, 0.4) is 0 Å². The summed E-state index contributed by atoms with van der Waals surface area (Å²) in [6.45, 7) is 2.93. The zero-order valence-electron chi connectivity index (χ0n) is 13.4. The molecular formula is C16H17N3O4S. The van der Waals surface area contributed by atoms with E-state index in [1.165, 1.54) is 0 Å². The van der Waals surface area contributed by atoms with Gasteiger partial charge in [-0.2, -0.15) is 0 Å². The van der Waals surface area contributed by atoms with Crippen LogP contribution in [0.4, 0.5) is 11.4 Å². The van der Waals surface area contributed by atoms with Crippen LogP contribution in [0.25, 0.3) is 0 Å². The Hall–Kier alpha value is -2.35. The fourth-order valence-corrected chi connectivity index (χ4v) is 4.92. The molecule has 2 heterocycles. The maximum atomic E-state index is 13.1. The third-order valence-electron chi connectivity index (χ3n) is 4.39. The number of nitrogens with zero attached hydrogens (tertiary/aromatic N) is 3. The van der Waals surface area contributed by atoms with Crippen LogP contribution in [-0.4, -0.2) is 32.1 Å². The van der Waals surface area contributed by atoms with Crippen molar-refractivity contribution in [2.45, 2.75) is 37.6 Å². The molecule has 0 saturated heterocycles. The van der Waals surface area contributed by atoms with E-state index in [1.54, 1.807) is 36.9 Å². The quantitative estimate of drug-likeness (QED) is 0.848. The van der Waals surface area contributed by atoms with Gasteiger partial charge < -0.3 is 9.42 Å². The molecule has 1 amide bonds. The number of aromatic nitrogens is 1. The van der Waals surface area contributed by atoms with Gasteiger partial charge in [0.25, 0.3) is 10.0 Å². The number of sulfonamides is 1. The lowest BCUT2D eigenvalue weighted by Crippen LogP contribution is -2.49. The van der Waals surface area contributed by atoms with E-state index >= 15 is 0 Å². The molecule has 24 heavy (non-hydrogen) atoms. The topological polar surface area (TPSA) is 83.7 Å². The van der Waals surface area contributed by atoms with Gasteiger partial charge >= 0.3 is 0 Å². The van der Waals surface area contributed by atoms with E-state index in [1.807, 2.05) is 6.07 Å². The van der Waals surface area contributed by atoms with Crippen molar-refractivity contribution in [2.75, 3.05) is 15.7 Å². The minimum absolute atomic E-state index is 0.0324. The van der Waals surface area contributed by atoms with Crippen LogP contribution in [0.5, 0.6) is 0 Å². The van der Waals surface area contributed by atoms with Crippen LogP contribution in [0.15, 0.2) is 33.7 Å². The van der Waals surface area contributed by atoms with Crippen molar-refractivity contribution in [2.24, 2.45) is 0 Å². The predicted molar refractivity (Wildman–Crippen MR) is 87.5 cm³/mol. The number of carbonyl (C=O) groups excluding carboxylic acids is 1. The molecule has 1 aromatic carbocycles. The largest absolute Gasteiger partial charge is 0.360 e. The molecule has 1 aromatic heterocycles. The zero-order chi connectivity index (χ0) is 17.1. The Morgan fingerprint density at radius 3 is 2.42 bits per heavy atom. The van der Waals surface area contributed by atoms with Crippen LogP contribution < -0.4 is 9.21 Å². The van der Waals surface area contributed by atoms with E-state index in [0.717, 1.165) is 17.1 Å². The van der Waals surface area contributed by atoms with Gasteiger partial charge in [-0.05, 0) is 38.8 Å². The Bertz CT molecular complexity index is 911. The summed E-state index contributed by atoms with van der Waals surface area (Å²) < 4.78 is 32.5. The molecule has 2 aromatic rings. The molecule has 0 atom stereocenters. The van der Waals surface area contributed by atoms with Crippen LogP contribution in [-0.2, 0) is 14.8 Å². The molecule has 0 unspecified atom stereocenters. The summed E-state index contributed by atoms with van der Waals surface area (Å²) in [5.41, 5.74) is 1.46. The number of para-hydroxylation sites is 2. The summed E-state index contributed by atoms with van der Waals surface area (Å²) in [7, 11) is -3.93. The van der Waals surface area contributed by atoms with Crippen LogP contribution in [0.2, 0.25) is 0 Å². The smallest absolute Gasteiger partial charge is 0.270 e. The first-order chi connectivity index (χ1) is 11.4. The maximum absolute atomic E-state index is 13.1. The van der Waals surface area contributed by atoms with Crippen molar-refractivity contribution in [3.8, 4) is 0 Å². The molecule has 1 aliphatic heterocycles. The first kappa shape index (κ1) is 15.2. The lowest BCUT2D eigenvalue weighted by atomic mass is 10.2. The molecule has 0 N–H and O–H groups in total. The SMILES string of the molecule is Cc1noc(C)c1S(=O)(=O)N1CC(=O)N(C2CC2)c2ccccc21. The van der Waals surface area contributed by atoms with Crippen molar-refractivity contribution in [1.29, 1.82) is 0 Å². The Morgan fingerprint density at radius 2 is 1.83 bits per heavy atom. The first-order valence-corrected chi connectivity index (χ1v) is 9.22. The average molecular weight is 347 g/mol. The lowest BCUT2D eigenvalue weighted by Gasteiger charge is -2.36. The molecule has 2 aliphatic rings. The fraction of sp³-hybridized carbons (Fsp3) is 0.375. The molecule has 4 rings (SSSR count). The highest BCUT2D eigenvalue weighted by Crippen LogP contribution is 2.42. The third kappa shape index (κ3) is 2.13. The number of carbonyl (C=O) groups is 1. The standard InChI is InChI=1S/C16H17N3O4S/c1-10-16(11(2)23-17-10)24(21,22)18-9-15(20)19(12-7-8-12)14-6-4-3-5-13(14)18/h3-6,12H,7-9H2,1-2H3. The second kappa shape index (κ2) is 5.07. The minimum Gasteiger partial charge on any atom is -0.360 e. The van der Waals surface area contributed by atoms with Gasteiger partial charge in [0.15, 0.2) is 10.7 Å². The number of aryl methyl sites for hydroxylation is 2. The second-order valence-electron chi connectivity index (χ2n) is 6.15. The highest BCUT2D eigenvalue weighted by Gasteiger charge is 2.43. The molecule has 0 radical (unpaired) electrons. The zero-order valence-corrected chi connectivity index (χ0v) is 14.2. The van der Waals surface area contributed by atoms with Gasteiger partial charge in [-0.3, -0.25) is 9.10 Å². The molecule has 1 aliphatic carbocycles. The van der Waals surface area contributed by atoms with E-state index in [9.17, 15) is 13.2 Å². The van der Waals surface area contributed by atoms with E-state index in [-0.39, 0.29) is 29.1 Å². The summed E-state index contributed by atoms with van der Waals surface area (Å²) in [5.74, 6) is 0.0218. The Balaban J connectivity index is 1.87. The van der Waals surface area contributed by atoms with E-state index in [0.29, 0.717) is 17.1 Å². The van der Waals surface area contributed by atoms with Gasteiger partial charge in [0, 0.05) is 6.04 Å². The molecule has 8 heteroatoms. The molecule has 0 bridgehead atoms. The van der Waals surface area contributed by atoms with Crippen molar-refractivity contribution in [3.05, 3.63) is 35.7 Å².